The zero-order chi connectivity index (χ0) is 12.2. The zero-order valence-electron chi connectivity index (χ0n) is 10.3. The second kappa shape index (κ2) is 5.71. The summed E-state index contributed by atoms with van der Waals surface area (Å²) in [5.74, 6) is 0. The fourth-order valence-corrected chi connectivity index (χ4v) is 2.07. The van der Waals surface area contributed by atoms with E-state index in [2.05, 4.69) is 22.0 Å². The van der Waals surface area contributed by atoms with E-state index in [1.807, 2.05) is 20.8 Å². The SMILES string of the molecule is CC(C)(C)OC(=O)N1CCC(=CCBr)CC1. The molecule has 0 unspecified atom stereocenters. The van der Waals surface area contributed by atoms with Crippen LogP contribution in [0.5, 0.6) is 0 Å². The molecular weight excluding hydrogens is 270 g/mol. The first-order valence-corrected chi connectivity index (χ1v) is 6.76. The van der Waals surface area contributed by atoms with Gasteiger partial charge in [0.15, 0.2) is 0 Å². The number of carbonyl (C=O) groups excluding carboxylic acids is 1. The molecule has 92 valence electrons. The highest BCUT2D eigenvalue weighted by atomic mass is 79.9. The van der Waals surface area contributed by atoms with Crippen molar-refractivity contribution < 1.29 is 9.53 Å². The van der Waals surface area contributed by atoms with Gasteiger partial charge >= 0.3 is 6.09 Å². The summed E-state index contributed by atoms with van der Waals surface area (Å²) in [5, 5.41) is 0.898. The van der Waals surface area contributed by atoms with Crippen LogP contribution in [0, 0.1) is 0 Å². The third-order valence-corrected chi connectivity index (χ3v) is 2.75. The van der Waals surface area contributed by atoms with Crippen LogP contribution in [0.25, 0.3) is 0 Å². The Kier molecular flexibility index (Phi) is 4.84. The molecule has 1 rings (SSSR count). The van der Waals surface area contributed by atoms with E-state index in [-0.39, 0.29) is 6.09 Å². The zero-order valence-corrected chi connectivity index (χ0v) is 11.8. The maximum atomic E-state index is 11.8. The van der Waals surface area contributed by atoms with Crippen molar-refractivity contribution in [1.29, 1.82) is 0 Å². The van der Waals surface area contributed by atoms with E-state index in [1.54, 1.807) is 4.90 Å². The molecule has 0 spiro atoms. The lowest BCUT2D eigenvalue weighted by Gasteiger charge is -2.30. The molecule has 0 bridgehead atoms. The predicted molar refractivity (Wildman–Crippen MR) is 68.9 cm³/mol. The van der Waals surface area contributed by atoms with Gasteiger partial charge in [-0.15, -0.1) is 0 Å². The normalized spacial score (nSPS) is 17.2. The summed E-state index contributed by atoms with van der Waals surface area (Å²) in [7, 11) is 0. The minimum Gasteiger partial charge on any atom is -0.444 e. The van der Waals surface area contributed by atoms with Crippen LogP contribution in [0.2, 0.25) is 0 Å². The van der Waals surface area contributed by atoms with Gasteiger partial charge in [0.25, 0.3) is 0 Å². The molecule has 0 aromatic carbocycles. The molecule has 0 aliphatic carbocycles. The molecular formula is C12H20BrNO2. The van der Waals surface area contributed by atoms with Crippen LogP contribution in [-0.2, 0) is 4.74 Å². The van der Waals surface area contributed by atoms with E-state index in [1.165, 1.54) is 5.57 Å². The molecule has 0 radical (unpaired) electrons. The van der Waals surface area contributed by atoms with Gasteiger partial charge in [0.1, 0.15) is 5.60 Å². The van der Waals surface area contributed by atoms with Crippen LogP contribution in [0.4, 0.5) is 4.79 Å². The number of alkyl halides is 1. The van der Waals surface area contributed by atoms with E-state index in [4.69, 9.17) is 4.74 Å². The Morgan fingerprint density at radius 1 is 1.44 bits per heavy atom. The molecule has 1 fully saturated rings. The third-order valence-electron chi connectivity index (χ3n) is 2.42. The summed E-state index contributed by atoms with van der Waals surface area (Å²) >= 11 is 3.39. The van der Waals surface area contributed by atoms with E-state index in [0.29, 0.717) is 0 Å². The van der Waals surface area contributed by atoms with E-state index in [9.17, 15) is 4.79 Å². The van der Waals surface area contributed by atoms with Gasteiger partial charge in [0.05, 0.1) is 0 Å². The molecule has 1 aliphatic rings. The summed E-state index contributed by atoms with van der Waals surface area (Å²) < 4.78 is 5.33. The van der Waals surface area contributed by atoms with Crippen molar-refractivity contribution in [2.45, 2.75) is 39.2 Å². The number of likely N-dealkylation sites (tertiary alicyclic amines) is 1. The van der Waals surface area contributed by atoms with Gasteiger partial charge in [-0.3, -0.25) is 0 Å². The molecule has 1 aliphatic heterocycles. The highest BCUT2D eigenvalue weighted by Crippen LogP contribution is 2.18. The minimum atomic E-state index is -0.400. The molecule has 0 saturated carbocycles. The number of amides is 1. The number of halogens is 1. The molecule has 0 aromatic rings. The number of allylic oxidation sites excluding steroid dienone is 1. The third kappa shape index (κ3) is 4.56. The molecule has 1 amide bonds. The molecule has 1 heterocycles. The van der Waals surface area contributed by atoms with Crippen LogP contribution in [-0.4, -0.2) is 35.0 Å². The van der Waals surface area contributed by atoms with Crippen LogP contribution in [0.1, 0.15) is 33.6 Å². The average molecular weight is 290 g/mol. The Balaban J connectivity index is 2.42. The summed E-state index contributed by atoms with van der Waals surface area (Å²) in [6.45, 7) is 7.22. The molecule has 1 saturated heterocycles. The van der Waals surface area contributed by atoms with Gasteiger partial charge in [0, 0.05) is 18.4 Å². The second-order valence-electron chi connectivity index (χ2n) is 4.98. The number of nitrogens with zero attached hydrogens (tertiary/aromatic N) is 1. The molecule has 0 aromatic heterocycles. The lowest BCUT2D eigenvalue weighted by atomic mass is 10.0. The number of rotatable bonds is 1. The van der Waals surface area contributed by atoms with Crippen molar-refractivity contribution >= 4 is 22.0 Å². The molecule has 0 N–H and O–H groups in total. The summed E-state index contributed by atoms with van der Waals surface area (Å²) in [5.41, 5.74) is 1.03. The first-order valence-electron chi connectivity index (χ1n) is 5.64. The van der Waals surface area contributed by atoms with Gasteiger partial charge in [-0.05, 0) is 33.6 Å². The largest absolute Gasteiger partial charge is 0.444 e. The maximum absolute atomic E-state index is 11.8. The topological polar surface area (TPSA) is 29.5 Å². The van der Waals surface area contributed by atoms with Crippen LogP contribution in [0.15, 0.2) is 11.6 Å². The van der Waals surface area contributed by atoms with Crippen molar-refractivity contribution in [3.63, 3.8) is 0 Å². The first-order chi connectivity index (χ1) is 7.42. The Morgan fingerprint density at radius 3 is 2.44 bits per heavy atom. The number of piperidine rings is 1. The second-order valence-corrected chi connectivity index (χ2v) is 5.63. The van der Waals surface area contributed by atoms with Crippen molar-refractivity contribution in [3.8, 4) is 0 Å². The highest BCUT2D eigenvalue weighted by molar-refractivity contribution is 9.09. The summed E-state index contributed by atoms with van der Waals surface area (Å²) in [6.07, 6.45) is 3.92. The van der Waals surface area contributed by atoms with Gasteiger partial charge in [-0.2, -0.15) is 0 Å². The number of hydrogen-bond acceptors (Lipinski definition) is 2. The lowest BCUT2D eigenvalue weighted by Crippen LogP contribution is -2.40. The fraction of sp³-hybridized carbons (Fsp3) is 0.750. The number of carbonyl (C=O) groups is 1. The van der Waals surface area contributed by atoms with Crippen LogP contribution in [0.3, 0.4) is 0 Å². The lowest BCUT2D eigenvalue weighted by molar-refractivity contribution is 0.0236. The molecule has 4 heteroatoms. The van der Waals surface area contributed by atoms with Gasteiger partial charge < -0.3 is 9.64 Å². The smallest absolute Gasteiger partial charge is 0.410 e. The van der Waals surface area contributed by atoms with Crippen LogP contribution < -0.4 is 0 Å². The number of ether oxygens (including phenoxy) is 1. The average Bonchev–Trinajstić information content (AvgIpc) is 2.16. The van der Waals surface area contributed by atoms with Crippen molar-refractivity contribution in [1.82, 2.24) is 4.90 Å². The van der Waals surface area contributed by atoms with Crippen LogP contribution >= 0.6 is 15.9 Å². The van der Waals surface area contributed by atoms with Gasteiger partial charge in [-0.1, -0.05) is 27.6 Å². The maximum Gasteiger partial charge on any atom is 0.410 e. The first kappa shape index (κ1) is 13.6. The van der Waals surface area contributed by atoms with Gasteiger partial charge in [-0.25, -0.2) is 4.79 Å². The minimum absolute atomic E-state index is 0.189. The van der Waals surface area contributed by atoms with Crippen molar-refractivity contribution in [2.75, 3.05) is 18.4 Å². The van der Waals surface area contributed by atoms with E-state index < -0.39 is 5.60 Å². The van der Waals surface area contributed by atoms with Gasteiger partial charge in [0.2, 0.25) is 0 Å². The van der Waals surface area contributed by atoms with E-state index >= 15 is 0 Å². The molecule has 16 heavy (non-hydrogen) atoms. The van der Waals surface area contributed by atoms with Crippen molar-refractivity contribution in [3.05, 3.63) is 11.6 Å². The Hall–Kier alpha value is -0.510. The quantitative estimate of drug-likeness (QED) is 0.547. The Bertz CT molecular complexity index is 271. The monoisotopic (exact) mass is 289 g/mol. The Morgan fingerprint density at radius 2 is 2.00 bits per heavy atom. The number of hydrogen-bond donors (Lipinski definition) is 0. The Labute approximate surface area is 106 Å². The fourth-order valence-electron chi connectivity index (χ4n) is 1.62. The summed E-state index contributed by atoms with van der Waals surface area (Å²) in [4.78, 5) is 13.5. The standard InChI is InChI=1S/C12H20BrNO2/c1-12(2,3)16-11(15)14-8-5-10(4-7-13)6-9-14/h4H,5-9H2,1-3H3. The van der Waals surface area contributed by atoms with E-state index in [0.717, 1.165) is 31.3 Å². The summed E-state index contributed by atoms with van der Waals surface area (Å²) in [6, 6.07) is 0. The molecule has 0 atom stereocenters. The van der Waals surface area contributed by atoms with Crippen molar-refractivity contribution in [2.24, 2.45) is 0 Å². The predicted octanol–water partition coefficient (Wildman–Crippen LogP) is 3.34. The molecule has 3 nitrogen and oxygen atoms in total. The highest BCUT2D eigenvalue weighted by Gasteiger charge is 2.24.